The van der Waals surface area contributed by atoms with Crippen molar-refractivity contribution in [3.05, 3.63) is 31.2 Å². The first-order valence-corrected chi connectivity index (χ1v) is 8.07. The molecule has 3 N–H and O–H groups in total. The molecule has 0 fully saturated rings. The SMILES string of the molecule is CC(C)(C)OC(=O)NC(Cc1cc([N+](=O)[O-])c(Cl)c(Br)c1O)C(=O)O. The molecule has 1 unspecified atom stereocenters. The monoisotopic (exact) mass is 438 g/mol. The van der Waals surface area contributed by atoms with Gasteiger partial charge in [0.15, 0.2) is 0 Å². The predicted octanol–water partition coefficient (Wildman–Crippen LogP) is 3.24. The molecule has 0 spiro atoms. The van der Waals surface area contributed by atoms with Gasteiger partial charge in [-0.2, -0.15) is 0 Å². The van der Waals surface area contributed by atoms with Crippen molar-refractivity contribution < 1.29 is 29.5 Å². The van der Waals surface area contributed by atoms with E-state index >= 15 is 0 Å². The number of nitro groups is 1. The van der Waals surface area contributed by atoms with Crippen molar-refractivity contribution in [2.24, 2.45) is 0 Å². The number of nitro benzene ring substituents is 1. The normalized spacial score (nSPS) is 12.4. The number of carboxylic acids is 1. The molecule has 0 aliphatic carbocycles. The highest BCUT2D eigenvalue weighted by Gasteiger charge is 2.28. The number of carboxylic acid groups (broad SMARTS) is 1. The number of amides is 1. The molecule has 0 heterocycles. The lowest BCUT2D eigenvalue weighted by Gasteiger charge is -2.22. The number of nitrogens with one attached hydrogen (secondary N) is 1. The Morgan fingerprint density at radius 2 is 2.04 bits per heavy atom. The molecular weight excluding hydrogens is 424 g/mol. The number of alkyl carbamates (subject to hydrolysis) is 1. The second-order valence-electron chi connectivity index (χ2n) is 6.03. The van der Waals surface area contributed by atoms with Gasteiger partial charge in [0.2, 0.25) is 0 Å². The Morgan fingerprint density at radius 1 is 1.48 bits per heavy atom. The van der Waals surface area contributed by atoms with E-state index in [1.807, 2.05) is 0 Å². The van der Waals surface area contributed by atoms with Crippen LogP contribution in [0.25, 0.3) is 0 Å². The van der Waals surface area contributed by atoms with Crippen molar-refractivity contribution >= 4 is 45.3 Å². The van der Waals surface area contributed by atoms with Crippen LogP contribution in [0.2, 0.25) is 5.02 Å². The molecule has 1 amide bonds. The number of halogens is 2. The number of rotatable bonds is 5. The maximum Gasteiger partial charge on any atom is 0.408 e. The van der Waals surface area contributed by atoms with Crippen LogP contribution >= 0.6 is 27.5 Å². The van der Waals surface area contributed by atoms with Gasteiger partial charge in [0.1, 0.15) is 22.4 Å². The second-order valence-corrected chi connectivity index (χ2v) is 7.20. The minimum atomic E-state index is -1.48. The first-order valence-electron chi connectivity index (χ1n) is 6.90. The van der Waals surface area contributed by atoms with E-state index in [0.29, 0.717) is 0 Å². The summed E-state index contributed by atoms with van der Waals surface area (Å²) >= 11 is 8.69. The molecule has 11 heteroatoms. The Hall–Kier alpha value is -2.07. The molecule has 0 saturated carbocycles. The van der Waals surface area contributed by atoms with Gasteiger partial charge >= 0.3 is 12.1 Å². The molecule has 1 rings (SSSR count). The lowest BCUT2D eigenvalue weighted by molar-refractivity contribution is -0.384. The number of aliphatic carboxylic acids is 1. The zero-order chi connectivity index (χ0) is 19.5. The molecule has 1 atom stereocenters. The van der Waals surface area contributed by atoms with Crippen LogP contribution in [0.5, 0.6) is 5.75 Å². The highest BCUT2D eigenvalue weighted by atomic mass is 79.9. The maximum atomic E-state index is 11.7. The third-order valence-corrected chi connectivity index (χ3v) is 4.23. The van der Waals surface area contributed by atoms with Gasteiger partial charge < -0.3 is 20.3 Å². The van der Waals surface area contributed by atoms with Crippen molar-refractivity contribution in [2.45, 2.75) is 38.8 Å². The Morgan fingerprint density at radius 3 is 2.48 bits per heavy atom. The molecule has 0 saturated heterocycles. The van der Waals surface area contributed by atoms with E-state index in [4.69, 9.17) is 16.3 Å². The molecule has 138 valence electrons. The third kappa shape index (κ3) is 5.75. The summed E-state index contributed by atoms with van der Waals surface area (Å²) in [6.07, 6.45) is -1.39. The molecule has 1 aromatic carbocycles. The average molecular weight is 440 g/mol. The maximum absolute atomic E-state index is 11.7. The van der Waals surface area contributed by atoms with E-state index in [9.17, 15) is 29.9 Å². The Bertz CT molecular complexity index is 718. The van der Waals surface area contributed by atoms with Crippen LogP contribution in [0.1, 0.15) is 26.3 Å². The van der Waals surface area contributed by atoms with E-state index in [1.54, 1.807) is 20.8 Å². The first kappa shape index (κ1) is 21.0. The van der Waals surface area contributed by atoms with E-state index in [-0.39, 0.29) is 15.1 Å². The number of carbonyl (C=O) groups excluding carboxylic acids is 1. The predicted molar refractivity (Wildman–Crippen MR) is 92.0 cm³/mol. The quantitative estimate of drug-likeness (QED) is 0.472. The average Bonchev–Trinajstić information content (AvgIpc) is 2.44. The summed E-state index contributed by atoms with van der Waals surface area (Å²) in [4.78, 5) is 33.3. The lowest BCUT2D eigenvalue weighted by Crippen LogP contribution is -2.44. The molecule has 9 nitrogen and oxygen atoms in total. The summed E-state index contributed by atoms with van der Waals surface area (Å²) in [6.45, 7) is 4.82. The summed E-state index contributed by atoms with van der Waals surface area (Å²) in [5, 5.41) is 32.1. The summed E-state index contributed by atoms with van der Waals surface area (Å²) in [6, 6.07) is -0.525. The minimum Gasteiger partial charge on any atom is -0.506 e. The number of nitrogens with zero attached hydrogens (tertiary/aromatic N) is 1. The van der Waals surface area contributed by atoms with Gasteiger partial charge in [-0.25, -0.2) is 9.59 Å². The van der Waals surface area contributed by atoms with Crippen LogP contribution in [-0.2, 0) is 16.0 Å². The summed E-state index contributed by atoms with van der Waals surface area (Å²) in [5.41, 5.74) is -1.42. The molecule has 0 aromatic heterocycles. The Labute approximate surface area is 156 Å². The van der Waals surface area contributed by atoms with Crippen molar-refractivity contribution in [2.75, 3.05) is 0 Å². The minimum absolute atomic E-state index is 0.0774. The van der Waals surface area contributed by atoms with Crippen molar-refractivity contribution in [1.82, 2.24) is 5.32 Å². The Balaban J connectivity index is 3.13. The van der Waals surface area contributed by atoms with E-state index in [0.717, 1.165) is 6.07 Å². The van der Waals surface area contributed by atoms with Crippen LogP contribution in [0.4, 0.5) is 10.5 Å². The van der Waals surface area contributed by atoms with Crippen molar-refractivity contribution in [1.29, 1.82) is 0 Å². The molecule has 0 radical (unpaired) electrons. The van der Waals surface area contributed by atoms with E-state index in [1.165, 1.54) is 0 Å². The van der Waals surface area contributed by atoms with Gasteiger partial charge in [-0.15, -0.1) is 0 Å². The number of phenolic OH excluding ortho intramolecular Hbond substituents is 1. The van der Waals surface area contributed by atoms with E-state index in [2.05, 4.69) is 21.2 Å². The van der Waals surface area contributed by atoms with Crippen LogP contribution in [0.3, 0.4) is 0 Å². The summed E-state index contributed by atoms with van der Waals surface area (Å²) in [7, 11) is 0. The van der Waals surface area contributed by atoms with Crippen LogP contribution < -0.4 is 5.32 Å². The smallest absolute Gasteiger partial charge is 0.408 e. The molecule has 25 heavy (non-hydrogen) atoms. The fourth-order valence-corrected chi connectivity index (χ4v) is 2.48. The van der Waals surface area contributed by atoms with Crippen LogP contribution in [0, 0.1) is 10.1 Å². The van der Waals surface area contributed by atoms with Gasteiger partial charge in [-0.05, 0) is 36.7 Å². The highest BCUT2D eigenvalue weighted by molar-refractivity contribution is 9.10. The molecule has 0 aliphatic rings. The number of benzene rings is 1. The molecule has 0 bridgehead atoms. The van der Waals surface area contributed by atoms with Gasteiger partial charge in [0, 0.05) is 18.1 Å². The summed E-state index contributed by atoms with van der Waals surface area (Å²) < 4.78 is 4.84. The lowest BCUT2D eigenvalue weighted by atomic mass is 10.0. The van der Waals surface area contributed by atoms with Crippen molar-refractivity contribution in [3.8, 4) is 5.75 Å². The summed E-state index contributed by atoms with van der Waals surface area (Å²) in [5.74, 6) is -1.85. The zero-order valence-electron chi connectivity index (χ0n) is 13.5. The molecule has 0 aliphatic heterocycles. The zero-order valence-corrected chi connectivity index (χ0v) is 15.8. The third-order valence-electron chi connectivity index (χ3n) is 2.85. The Kier molecular flexibility index (Phi) is 6.61. The van der Waals surface area contributed by atoms with Crippen molar-refractivity contribution in [3.63, 3.8) is 0 Å². The number of ether oxygens (including phenoxy) is 1. The van der Waals surface area contributed by atoms with Gasteiger partial charge in [0.05, 0.1) is 9.40 Å². The molecular formula is C14H16BrClN2O7. The standard InChI is InChI=1S/C14H16BrClN2O7/c1-14(2,3)25-13(22)17-7(12(20)21)4-6-5-8(18(23)24)10(16)9(15)11(6)19/h5,7,19H,4H2,1-3H3,(H,17,22)(H,20,21). The number of carbonyl (C=O) groups is 2. The van der Waals surface area contributed by atoms with Gasteiger partial charge in [0.25, 0.3) is 5.69 Å². The molecule has 1 aromatic rings. The number of aromatic hydroxyl groups is 1. The first-order chi connectivity index (χ1) is 11.3. The number of hydrogen-bond donors (Lipinski definition) is 3. The second kappa shape index (κ2) is 7.87. The van der Waals surface area contributed by atoms with Gasteiger partial charge in [-0.1, -0.05) is 11.6 Å². The highest BCUT2D eigenvalue weighted by Crippen LogP contribution is 2.41. The number of hydrogen-bond acceptors (Lipinski definition) is 6. The van der Waals surface area contributed by atoms with Crippen LogP contribution in [-0.4, -0.2) is 38.8 Å². The van der Waals surface area contributed by atoms with E-state index < -0.39 is 46.5 Å². The topological polar surface area (TPSA) is 139 Å². The fraction of sp³-hybridized carbons (Fsp3) is 0.429. The number of phenols is 1. The van der Waals surface area contributed by atoms with Crippen LogP contribution in [0.15, 0.2) is 10.5 Å². The largest absolute Gasteiger partial charge is 0.506 e. The van der Waals surface area contributed by atoms with Gasteiger partial charge in [-0.3, -0.25) is 10.1 Å². The fourth-order valence-electron chi connectivity index (χ4n) is 1.81.